The van der Waals surface area contributed by atoms with Gasteiger partial charge in [0.2, 0.25) is 0 Å². The number of nitrogens with one attached hydrogen (secondary N) is 1. The van der Waals surface area contributed by atoms with Gasteiger partial charge in [-0.2, -0.15) is 0 Å². The van der Waals surface area contributed by atoms with E-state index in [0.29, 0.717) is 12.1 Å². The topological polar surface area (TPSA) is 15.3 Å². The zero-order valence-electron chi connectivity index (χ0n) is 13.3. The maximum atomic E-state index is 3.67. The third-order valence-corrected chi connectivity index (χ3v) is 3.84. The highest BCUT2D eigenvalue weighted by atomic mass is 15.1. The minimum atomic E-state index is 0.367. The van der Waals surface area contributed by atoms with Gasteiger partial charge in [-0.05, 0) is 38.2 Å². The summed E-state index contributed by atoms with van der Waals surface area (Å²) in [5.41, 5.74) is 2.75. The SMILES string of the molecule is CCNC(Cc1ccccc1)C(c1ccccc1)N(C)C. The van der Waals surface area contributed by atoms with Gasteiger partial charge < -0.3 is 10.2 Å². The van der Waals surface area contributed by atoms with Crippen molar-refractivity contribution in [3.05, 3.63) is 71.8 Å². The molecule has 2 aromatic carbocycles. The molecular formula is C19H26N2. The van der Waals surface area contributed by atoms with Crippen molar-refractivity contribution < 1.29 is 0 Å². The molecule has 0 amide bonds. The number of hydrogen-bond acceptors (Lipinski definition) is 2. The monoisotopic (exact) mass is 282 g/mol. The van der Waals surface area contributed by atoms with Crippen LogP contribution in [0.1, 0.15) is 24.1 Å². The van der Waals surface area contributed by atoms with Gasteiger partial charge in [-0.25, -0.2) is 0 Å². The molecule has 2 heteroatoms. The van der Waals surface area contributed by atoms with Gasteiger partial charge in [-0.3, -0.25) is 0 Å². The van der Waals surface area contributed by atoms with E-state index < -0.39 is 0 Å². The quantitative estimate of drug-likeness (QED) is 0.836. The van der Waals surface area contributed by atoms with E-state index in [9.17, 15) is 0 Å². The summed E-state index contributed by atoms with van der Waals surface area (Å²) in [5.74, 6) is 0. The Balaban J connectivity index is 2.25. The van der Waals surface area contributed by atoms with Crippen LogP contribution in [-0.4, -0.2) is 31.6 Å². The molecule has 0 bridgehead atoms. The average molecular weight is 282 g/mol. The lowest BCUT2D eigenvalue weighted by Crippen LogP contribution is -2.42. The number of likely N-dealkylation sites (N-methyl/N-ethyl adjacent to an activating group) is 2. The molecule has 0 fully saturated rings. The minimum Gasteiger partial charge on any atom is -0.312 e. The minimum absolute atomic E-state index is 0.367. The standard InChI is InChI=1S/C19H26N2/c1-4-20-18(15-16-11-7-5-8-12-16)19(21(2)3)17-13-9-6-10-14-17/h5-14,18-20H,4,15H2,1-3H3. The van der Waals surface area contributed by atoms with Crippen molar-refractivity contribution in [1.29, 1.82) is 0 Å². The summed E-state index contributed by atoms with van der Waals surface area (Å²) in [7, 11) is 4.32. The highest BCUT2D eigenvalue weighted by Crippen LogP contribution is 2.24. The molecule has 0 aliphatic rings. The van der Waals surface area contributed by atoms with Crippen LogP contribution in [0, 0.1) is 0 Å². The van der Waals surface area contributed by atoms with Gasteiger partial charge in [-0.1, -0.05) is 67.6 Å². The van der Waals surface area contributed by atoms with Crippen molar-refractivity contribution in [3.63, 3.8) is 0 Å². The average Bonchev–Trinajstić information content (AvgIpc) is 2.49. The first-order chi connectivity index (χ1) is 10.2. The lowest BCUT2D eigenvalue weighted by atomic mass is 9.93. The Labute approximate surface area is 128 Å². The van der Waals surface area contributed by atoms with Gasteiger partial charge in [0, 0.05) is 12.1 Å². The number of hydrogen-bond donors (Lipinski definition) is 1. The Bertz CT molecular complexity index is 508. The third-order valence-electron chi connectivity index (χ3n) is 3.84. The molecule has 0 saturated carbocycles. The summed E-state index contributed by atoms with van der Waals surface area (Å²) in [5, 5.41) is 3.67. The normalized spacial score (nSPS) is 14.1. The first-order valence-electron chi connectivity index (χ1n) is 7.71. The van der Waals surface area contributed by atoms with E-state index in [0.717, 1.165) is 13.0 Å². The molecule has 2 aromatic rings. The van der Waals surface area contributed by atoms with Gasteiger partial charge in [0.15, 0.2) is 0 Å². The van der Waals surface area contributed by atoms with E-state index in [1.807, 2.05) is 0 Å². The van der Waals surface area contributed by atoms with E-state index >= 15 is 0 Å². The van der Waals surface area contributed by atoms with Crippen LogP contribution in [0.3, 0.4) is 0 Å². The van der Waals surface area contributed by atoms with Crippen molar-refractivity contribution in [1.82, 2.24) is 10.2 Å². The molecule has 21 heavy (non-hydrogen) atoms. The lowest BCUT2D eigenvalue weighted by Gasteiger charge is -2.33. The van der Waals surface area contributed by atoms with Crippen LogP contribution >= 0.6 is 0 Å². The van der Waals surface area contributed by atoms with Crippen LogP contribution in [0.25, 0.3) is 0 Å². The van der Waals surface area contributed by atoms with Crippen LogP contribution < -0.4 is 5.32 Å². The van der Waals surface area contributed by atoms with Crippen molar-refractivity contribution in [2.24, 2.45) is 0 Å². The molecule has 2 rings (SSSR count). The van der Waals surface area contributed by atoms with E-state index in [1.165, 1.54) is 11.1 Å². The molecule has 2 unspecified atom stereocenters. The fourth-order valence-corrected chi connectivity index (χ4v) is 2.97. The Morgan fingerprint density at radius 3 is 2.00 bits per heavy atom. The summed E-state index contributed by atoms with van der Waals surface area (Å²) in [4.78, 5) is 2.31. The third kappa shape index (κ3) is 4.42. The number of nitrogens with zero attached hydrogens (tertiary/aromatic N) is 1. The molecular weight excluding hydrogens is 256 g/mol. The van der Waals surface area contributed by atoms with Gasteiger partial charge in [0.05, 0.1) is 0 Å². The summed E-state index contributed by atoms with van der Waals surface area (Å²) < 4.78 is 0. The number of rotatable bonds is 7. The molecule has 0 aliphatic carbocycles. The predicted molar refractivity (Wildman–Crippen MR) is 90.5 cm³/mol. The van der Waals surface area contributed by atoms with Gasteiger partial charge in [0.1, 0.15) is 0 Å². The van der Waals surface area contributed by atoms with Crippen molar-refractivity contribution in [2.45, 2.75) is 25.4 Å². The van der Waals surface area contributed by atoms with E-state index in [1.54, 1.807) is 0 Å². The summed E-state index contributed by atoms with van der Waals surface area (Å²) in [6, 6.07) is 22.3. The predicted octanol–water partition coefficient (Wildman–Crippen LogP) is 3.51. The smallest absolute Gasteiger partial charge is 0.0499 e. The molecule has 112 valence electrons. The van der Waals surface area contributed by atoms with E-state index in [2.05, 4.69) is 91.9 Å². The van der Waals surface area contributed by atoms with Crippen LogP contribution in [-0.2, 0) is 6.42 Å². The molecule has 0 saturated heterocycles. The van der Waals surface area contributed by atoms with Crippen LogP contribution in [0.2, 0.25) is 0 Å². The summed E-state index contributed by atoms with van der Waals surface area (Å²) in [6.07, 6.45) is 1.03. The Morgan fingerprint density at radius 2 is 1.48 bits per heavy atom. The van der Waals surface area contributed by atoms with Crippen molar-refractivity contribution in [2.75, 3.05) is 20.6 Å². The summed E-state index contributed by atoms with van der Waals surface area (Å²) >= 11 is 0. The van der Waals surface area contributed by atoms with Crippen LogP contribution in [0.4, 0.5) is 0 Å². The Morgan fingerprint density at radius 1 is 0.905 bits per heavy atom. The largest absolute Gasteiger partial charge is 0.312 e. The molecule has 0 spiro atoms. The van der Waals surface area contributed by atoms with Crippen molar-refractivity contribution >= 4 is 0 Å². The first-order valence-corrected chi connectivity index (χ1v) is 7.71. The Kier molecular flexibility index (Phi) is 5.97. The van der Waals surface area contributed by atoms with Crippen LogP contribution in [0.15, 0.2) is 60.7 Å². The van der Waals surface area contributed by atoms with Crippen molar-refractivity contribution in [3.8, 4) is 0 Å². The fourth-order valence-electron chi connectivity index (χ4n) is 2.97. The highest BCUT2D eigenvalue weighted by molar-refractivity contribution is 5.23. The molecule has 0 radical (unpaired) electrons. The maximum absolute atomic E-state index is 3.67. The summed E-state index contributed by atoms with van der Waals surface area (Å²) in [6.45, 7) is 3.16. The number of benzene rings is 2. The maximum Gasteiger partial charge on any atom is 0.0499 e. The lowest BCUT2D eigenvalue weighted by molar-refractivity contribution is 0.231. The van der Waals surface area contributed by atoms with E-state index in [-0.39, 0.29) is 0 Å². The Hall–Kier alpha value is -1.64. The molecule has 0 aromatic heterocycles. The zero-order valence-corrected chi connectivity index (χ0v) is 13.3. The van der Waals surface area contributed by atoms with Gasteiger partial charge in [-0.15, -0.1) is 0 Å². The molecule has 0 heterocycles. The fraction of sp³-hybridized carbons (Fsp3) is 0.368. The molecule has 2 nitrogen and oxygen atoms in total. The van der Waals surface area contributed by atoms with Gasteiger partial charge >= 0.3 is 0 Å². The highest BCUT2D eigenvalue weighted by Gasteiger charge is 2.24. The zero-order chi connectivity index (χ0) is 15.1. The molecule has 0 aliphatic heterocycles. The van der Waals surface area contributed by atoms with Gasteiger partial charge in [0.25, 0.3) is 0 Å². The second-order valence-corrected chi connectivity index (χ2v) is 5.67. The second kappa shape index (κ2) is 7.96. The molecule has 2 atom stereocenters. The second-order valence-electron chi connectivity index (χ2n) is 5.67. The first kappa shape index (κ1) is 15.7. The molecule has 1 N–H and O–H groups in total. The van der Waals surface area contributed by atoms with E-state index in [4.69, 9.17) is 0 Å². The van der Waals surface area contributed by atoms with Crippen LogP contribution in [0.5, 0.6) is 0 Å².